The Labute approximate surface area is 109 Å². The van der Waals surface area contributed by atoms with Crippen LogP contribution >= 0.6 is 0 Å². The molecule has 100 valence electrons. The van der Waals surface area contributed by atoms with Crippen LogP contribution in [-0.2, 0) is 0 Å². The Bertz CT molecular complexity index is 361. The molecule has 1 fully saturated rings. The molecule has 2 rings (SSSR count). The zero-order chi connectivity index (χ0) is 12.8. The van der Waals surface area contributed by atoms with Crippen molar-refractivity contribution in [3.8, 4) is 5.75 Å². The van der Waals surface area contributed by atoms with Gasteiger partial charge in [-0.2, -0.15) is 0 Å². The van der Waals surface area contributed by atoms with E-state index in [9.17, 15) is 5.11 Å². The van der Waals surface area contributed by atoms with Crippen LogP contribution in [0.1, 0.15) is 43.7 Å². The molecule has 0 amide bonds. The lowest BCUT2D eigenvalue weighted by Crippen LogP contribution is -2.36. The number of hydrogen-bond donors (Lipinski definition) is 2. The van der Waals surface area contributed by atoms with Gasteiger partial charge in [-0.05, 0) is 30.5 Å². The van der Waals surface area contributed by atoms with Crippen molar-refractivity contribution in [1.82, 2.24) is 5.32 Å². The Morgan fingerprint density at radius 2 is 2.11 bits per heavy atom. The van der Waals surface area contributed by atoms with Gasteiger partial charge in [0.25, 0.3) is 0 Å². The van der Waals surface area contributed by atoms with Gasteiger partial charge in [0.2, 0.25) is 0 Å². The van der Waals surface area contributed by atoms with E-state index in [1.807, 2.05) is 24.3 Å². The number of hydrogen-bond acceptors (Lipinski definition) is 3. The first-order valence-electron chi connectivity index (χ1n) is 6.84. The summed E-state index contributed by atoms with van der Waals surface area (Å²) in [6, 6.07) is 8.50. The summed E-state index contributed by atoms with van der Waals surface area (Å²) in [5, 5.41) is 13.1. The van der Waals surface area contributed by atoms with Crippen LogP contribution in [0.25, 0.3) is 0 Å². The first kappa shape index (κ1) is 13.4. The van der Waals surface area contributed by atoms with Crippen molar-refractivity contribution < 1.29 is 9.84 Å². The van der Waals surface area contributed by atoms with E-state index in [1.54, 1.807) is 7.11 Å². The molecule has 1 unspecified atom stereocenters. The second-order valence-corrected chi connectivity index (χ2v) is 5.01. The van der Waals surface area contributed by atoms with Gasteiger partial charge in [0, 0.05) is 6.04 Å². The molecular formula is C15H23NO2. The summed E-state index contributed by atoms with van der Waals surface area (Å²) in [5.74, 6) is 0.844. The third kappa shape index (κ3) is 3.47. The fourth-order valence-corrected chi connectivity index (χ4v) is 2.67. The van der Waals surface area contributed by atoms with E-state index in [2.05, 4.69) is 5.32 Å². The Balaban J connectivity index is 2.02. The topological polar surface area (TPSA) is 41.5 Å². The predicted octanol–water partition coefficient (Wildman–Crippen LogP) is 2.65. The summed E-state index contributed by atoms with van der Waals surface area (Å²) in [5.41, 5.74) is 1.10. The minimum absolute atomic E-state index is 0.0169. The van der Waals surface area contributed by atoms with E-state index < -0.39 is 0 Å². The molecule has 18 heavy (non-hydrogen) atoms. The molecule has 2 N–H and O–H groups in total. The largest absolute Gasteiger partial charge is 0.497 e. The smallest absolute Gasteiger partial charge is 0.119 e. The highest BCUT2D eigenvalue weighted by atomic mass is 16.5. The summed E-state index contributed by atoms with van der Waals surface area (Å²) in [6.07, 6.45) is 6.39. The summed E-state index contributed by atoms with van der Waals surface area (Å²) >= 11 is 0. The maximum Gasteiger partial charge on any atom is 0.119 e. The molecule has 0 spiro atoms. The fourth-order valence-electron chi connectivity index (χ4n) is 2.67. The Kier molecular flexibility index (Phi) is 5.02. The zero-order valence-electron chi connectivity index (χ0n) is 11.1. The Hall–Kier alpha value is -1.06. The lowest BCUT2D eigenvalue weighted by Gasteiger charge is -2.28. The number of aliphatic hydroxyl groups excluding tert-OH is 1. The Morgan fingerprint density at radius 1 is 1.33 bits per heavy atom. The number of nitrogens with one attached hydrogen (secondary N) is 1. The molecule has 0 aromatic heterocycles. The van der Waals surface area contributed by atoms with Crippen molar-refractivity contribution in [2.75, 3.05) is 13.7 Å². The van der Waals surface area contributed by atoms with Crippen LogP contribution in [0.3, 0.4) is 0 Å². The van der Waals surface area contributed by atoms with Crippen LogP contribution < -0.4 is 10.1 Å². The third-order valence-electron chi connectivity index (χ3n) is 3.72. The van der Waals surface area contributed by atoms with E-state index in [-0.39, 0.29) is 12.6 Å². The normalized spacial score (nSPS) is 18.6. The van der Waals surface area contributed by atoms with Crippen molar-refractivity contribution >= 4 is 0 Å². The summed E-state index contributed by atoms with van der Waals surface area (Å²) in [7, 11) is 1.67. The van der Waals surface area contributed by atoms with Crippen LogP contribution in [0.15, 0.2) is 24.3 Å². The van der Waals surface area contributed by atoms with Crippen LogP contribution in [0, 0.1) is 0 Å². The highest BCUT2D eigenvalue weighted by Crippen LogP contribution is 2.23. The second-order valence-electron chi connectivity index (χ2n) is 5.01. The van der Waals surface area contributed by atoms with Gasteiger partial charge in [-0.15, -0.1) is 0 Å². The molecular weight excluding hydrogens is 226 g/mol. The number of ether oxygens (including phenoxy) is 1. The number of methoxy groups -OCH3 is 1. The summed E-state index contributed by atoms with van der Waals surface area (Å²) in [4.78, 5) is 0. The average molecular weight is 249 g/mol. The predicted molar refractivity (Wildman–Crippen MR) is 72.8 cm³/mol. The van der Waals surface area contributed by atoms with Gasteiger partial charge in [-0.3, -0.25) is 0 Å². The minimum atomic E-state index is 0.0169. The second kappa shape index (κ2) is 6.76. The van der Waals surface area contributed by atoms with Crippen molar-refractivity contribution in [3.05, 3.63) is 29.8 Å². The Morgan fingerprint density at radius 3 is 2.78 bits per heavy atom. The summed E-state index contributed by atoms with van der Waals surface area (Å²) < 4.78 is 5.23. The lowest BCUT2D eigenvalue weighted by atomic mass is 9.94. The molecule has 0 bridgehead atoms. The molecule has 0 saturated heterocycles. The molecule has 0 radical (unpaired) electrons. The zero-order valence-corrected chi connectivity index (χ0v) is 11.1. The number of benzene rings is 1. The molecule has 1 aliphatic carbocycles. The van der Waals surface area contributed by atoms with Crippen molar-refractivity contribution in [1.29, 1.82) is 0 Å². The lowest BCUT2D eigenvalue weighted by molar-refractivity contribution is 0.220. The molecule has 3 nitrogen and oxygen atoms in total. The highest BCUT2D eigenvalue weighted by molar-refractivity contribution is 5.30. The maximum atomic E-state index is 9.57. The standard InChI is InChI=1S/C15H23NO2/c1-18-14-9-5-6-12(10-14)15(11-17)16-13-7-3-2-4-8-13/h5-6,9-10,13,15-17H,2-4,7-8,11H2,1H3. The number of aliphatic hydroxyl groups is 1. The van der Waals surface area contributed by atoms with E-state index in [0.717, 1.165) is 11.3 Å². The number of rotatable bonds is 5. The van der Waals surface area contributed by atoms with Crippen LogP contribution in [-0.4, -0.2) is 24.9 Å². The first-order valence-corrected chi connectivity index (χ1v) is 6.84. The minimum Gasteiger partial charge on any atom is -0.497 e. The molecule has 0 heterocycles. The van der Waals surface area contributed by atoms with Gasteiger partial charge in [0.15, 0.2) is 0 Å². The van der Waals surface area contributed by atoms with E-state index in [1.165, 1.54) is 32.1 Å². The van der Waals surface area contributed by atoms with Crippen molar-refractivity contribution in [2.45, 2.75) is 44.2 Å². The van der Waals surface area contributed by atoms with Crippen molar-refractivity contribution in [3.63, 3.8) is 0 Å². The van der Waals surface area contributed by atoms with E-state index in [0.29, 0.717) is 6.04 Å². The SMILES string of the molecule is COc1cccc(C(CO)NC2CCCCC2)c1. The average Bonchev–Trinajstić information content (AvgIpc) is 2.46. The molecule has 0 aliphatic heterocycles. The molecule has 3 heteroatoms. The highest BCUT2D eigenvalue weighted by Gasteiger charge is 2.18. The molecule has 1 aromatic carbocycles. The molecule has 1 aliphatic rings. The van der Waals surface area contributed by atoms with Gasteiger partial charge in [0.1, 0.15) is 5.75 Å². The van der Waals surface area contributed by atoms with Gasteiger partial charge >= 0.3 is 0 Å². The first-order chi connectivity index (χ1) is 8.83. The van der Waals surface area contributed by atoms with E-state index >= 15 is 0 Å². The van der Waals surface area contributed by atoms with Crippen LogP contribution in [0.5, 0.6) is 5.75 Å². The van der Waals surface area contributed by atoms with Gasteiger partial charge in [0.05, 0.1) is 19.8 Å². The van der Waals surface area contributed by atoms with Crippen LogP contribution in [0.2, 0.25) is 0 Å². The monoisotopic (exact) mass is 249 g/mol. The molecule has 1 atom stereocenters. The quantitative estimate of drug-likeness (QED) is 0.843. The maximum absolute atomic E-state index is 9.57. The fraction of sp³-hybridized carbons (Fsp3) is 0.600. The van der Waals surface area contributed by atoms with Gasteiger partial charge in [-0.25, -0.2) is 0 Å². The van der Waals surface area contributed by atoms with E-state index in [4.69, 9.17) is 4.74 Å². The molecule has 1 aromatic rings. The van der Waals surface area contributed by atoms with Gasteiger partial charge < -0.3 is 15.2 Å². The van der Waals surface area contributed by atoms with Crippen molar-refractivity contribution in [2.24, 2.45) is 0 Å². The summed E-state index contributed by atoms with van der Waals surface area (Å²) in [6.45, 7) is 0.129. The molecule has 1 saturated carbocycles. The third-order valence-corrected chi connectivity index (χ3v) is 3.72. The van der Waals surface area contributed by atoms with Crippen LogP contribution in [0.4, 0.5) is 0 Å². The van der Waals surface area contributed by atoms with Gasteiger partial charge in [-0.1, -0.05) is 31.4 Å².